The lowest BCUT2D eigenvalue weighted by Crippen LogP contribution is -2.46. The maximum absolute atomic E-state index is 10.4. The van der Waals surface area contributed by atoms with Gasteiger partial charge in [0.25, 0.3) is 0 Å². The molecule has 1 aliphatic heterocycles. The van der Waals surface area contributed by atoms with Crippen LogP contribution in [0.3, 0.4) is 0 Å². The first-order chi connectivity index (χ1) is 8.07. The van der Waals surface area contributed by atoms with E-state index in [4.69, 9.17) is 4.74 Å². The maximum Gasteiger partial charge on any atom is 0.111 e. The summed E-state index contributed by atoms with van der Waals surface area (Å²) < 4.78 is 7.34. The van der Waals surface area contributed by atoms with Crippen LogP contribution in [0.1, 0.15) is 19.2 Å². The number of aryl methyl sites for hydroxylation is 1. The number of morpholine rings is 1. The molecule has 0 spiro atoms. The molecule has 0 radical (unpaired) electrons. The van der Waals surface area contributed by atoms with Crippen molar-refractivity contribution in [2.45, 2.75) is 31.4 Å². The summed E-state index contributed by atoms with van der Waals surface area (Å²) in [5.41, 5.74) is -0.753. The van der Waals surface area contributed by atoms with E-state index < -0.39 is 5.60 Å². The highest BCUT2D eigenvalue weighted by Crippen LogP contribution is 2.18. The van der Waals surface area contributed by atoms with Crippen molar-refractivity contribution in [2.24, 2.45) is 7.05 Å². The number of hydrogen-bond donors (Lipinski definition) is 2. The first-order valence-corrected chi connectivity index (χ1v) is 6.06. The minimum absolute atomic E-state index is 0.235. The van der Waals surface area contributed by atoms with Gasteiger partial charge < -0.3 is 19.7 Å². The number of aliphatic hydroxyl groups is 1. The summed E-state index contributed by atoms with van der Waals surface area (Å²) in [7, 11) is 1.94. The SMILES string of the molecule is Cn1ccnc1CC(C)(O)CC1COCCN1. The Bertz CT molecular complexity index is 356. The Kier molecular flexibility index (Phi) is 3.81. The first kappa shape index (κ1) is 12.5. The fourth-order valence-electron chi connectivity index (χ4n) is 2.26. The fraction of sp³-hybridized carbons (Fsp3) is 0.750. The number of rotatable bonds is 4. The van der Waals surface area contributed by atoms with Crippen LogP contribution in [0, 0.1) is 0 Å². The summed E-state index contributed by atoms with van der Waals surface area (Å²) in [5, 5.41) is 13.8. The van der Waals surface area contributed by atoms with Crippen LogP contribution in [0.5, 0.6) is 0 Å². The van der Waals surface area contributed by atoms with Gasteiger partial charge in [0.2, 0.25) is 0 Å². The Morgan fingerprint density at radius 1 is 1.71 bits per heavy atom. The summed E-state index contributed by atoms with van der Waals surface area (Å²) >= 11 is 0. The number of ether oxygens (including phenoxy) is 1. The monoisotopic (exact) mass is 239 g/mol. The zero-order chi connectivity index (χ0) is 12.3. The third-order valence-corrected chi connectivity index (χ3v) is 3.14. The van der Waals surface area contributed by atoms with Crippen molar-refractivity contribution in [3.63, 3.8) is 0 Å². The lowest BCUT2D eigenvalue weighted by Gasteiger charge is -2.31. The van der Waals surface area contributed by atoms with Gasteiger partial charge in [0.05, 0.1) is 18.8 Å². The van der Waals surface area contributed by atoms with Crippen LogP contribution in [0.4, 0.5) is 0 Å². The number of hydrogen-bond acceptors (Lipinski definition) is 4. The molecular weight excluding hydrogens is 218 g/mol. The van der Waals surface area contributed by atoms with Gasteiger partial charge in [-0.2, -0.15) is 0 Å². The minimum Gasteiger partial charge on any atom is -0.390 e. The van der Waals surface area contributed by atoms with Crippen molar-refractivity contribution >= 4 is 0 Å². The molecule has 2 rings (SSSR count). The van der Waals surface area contributed by atoms with E-state index in [1.165, 1.54) is 0 Å². The van der Waals surface area contributed by atoms with Gasteiger partial charge in [-0.15, -0.1) is 0 Å². The van der Waals surface area contributed by atoms with Crippen molar-refractivity contribution in [3.05, 3.63) is 18.2 Å². The van der Waals surface area contributed by atoms with Crippen molar-refractivity contribution in [3.8, 4) is 0 Å². The number of nitrogens with zero attached hydrogens (tertiary/aromatic N) is 2. The molecule has 0 amide bonds. The van der Waals surface area contributed by atoms with E-state index in [9.17, 15) is 5.11 Å². The van der Waals surface area contributed by atoms with Crippen molar-refractivity contribution in [2.75, 3.05) is 19.8 Å². The molecule has 5 nitrogen and oxygen atoms in total. The second-order valence-electron chi connectivity index (χ2n) is 5.06. The average molecular weight is 239 g/mol. The Morgan fingerprint density at radius 2 is 2.53 bits per heavy atom. The number of nitrogens with one attached hydrogen (secondary N) is 1. The van der Waals surface area contributed by atoms with Gasteiger partial charge in [0.1, 0.15) is 5.82 Å². The van der Waals surface area contributed by atoms with E-state index in [2.05, 4.69) is 10.3 Å². The molecule has 0 aromatic carbocycles. The van der Waals surface area contributed by atoms with E-state index in [-0.39, 0.29) is 6.04 Å². The van der Waals surface area contributed by atoms with Gasteiger partial charge in [-0.05, 0) is 13.3 Å². The van der Waals surface area contributed by atoms with Crippen LogP contribution in [0.15, 0.2) is 12.4 Å². The maximum atomic E-state index is 10.4. The van der Waals surface area contributed by atoms with Crippen LogP contribution in [0.25, 0.3) is 0 Å². The van der Waals surface area contributed by atoms with Crippen LogP contribution >= 0.6 is 0 Å². The average Bonchev–Trinajstić information content (AvgIpc) is 2.64. The molecule has 2 N–H and O–H groups in total. The summed E-state index contributed by atoms with van der Waals surface area (Å²) in [5.74, 6) is 0.909. The second-order valence-corrected chi connectivity index (χ2v) is 5.06. The Hall–Kier alpha value is -0.910. The second kappa shape index (κ2) is 5.16. The Balaban J connectivity index is 1.91. The summed E-state index contributed by atoms with van der Waals surface area (Å²) in [6.45, 7) is 4.16. The highest BCUT2D eigenvalue weighted by molar-refractivity contribution is 4.98. The molecular formula is C12H21N3O2. The van der Waals surface area contributed by atoms with Crippen molar-refractivity contribution < 1.29 is 9.84 Å². The van der Waals surface area contributed by atoms with Gasteiger partial charge in [-0.1, -0.05) is 0 Å². The molecule has 5 heteroatoms. The summed E-state index contributed by atoms with van der Waals surface area (Å²) in [6.07, 6.45) is 4.90. The molecule has 1 aromatic rings. The molecule has 0 saturated carbocycles. The van der Waals surface area contributed by atoms with E-state index >= 15 is 0 Å². The van der Waals surface area contributed by atoms with Gasteiger partial charge in [-0.3, -0.25) is 0 Å². The topological polar surface area (TPSA) is 59.3 Å². The molecule has 1 saturated heterocycles. The summed E-state index contributed by atoms with van der Waals surface area (Å²) in [4.78, 5) is 4.25. The third-order valence-electron chi connectivity index (χ3n) is 3.14. The van der Waals surface area contributed by atoms with E-state index in [1.807, 2.05) is 24.7 Å². The van der Waals surface area contributed by atoms with Crippen LogP contribution in [-0.4, -0.2) is 46.1 Å². The third kappa shape index (κ3) is 3.52. The van der Waals surface area contributed by atoms with Gasteiger partial charge in [0, 0.05) is 38.4 Å². The highest BCUT2D eigenvalue weighted by atomic mass is 16.5. The van der Waals surface area contributed by atoms with Crippen LogP contribution < -0.4 is 5.32 Å². The normalized spacial score (nSPS) is 24.5. The van der Waals surface area contributed by atoms with E-state index in [0.717, 1.165) is 19.0 Å². The minimum atomic E-state index is -0.753. The first-order valence-electron chi connectivity index (χ1n) is 6.06. The number of aromatic nitrogens is 2. The standard InChI is InChI=1S/C12H21N3O2/c1-12(16,7-10-9-17-6-4-13-10)8-11-14-3-5-15(11)2/h3,5,10,13,16H,4,6-9H2,1-2H3. The Morgan fingerprint density at radius 3 is 3.12 bits per heavy atom. The molecule has 2 atom stereocenters. The van der Waals surface area contributed by atoms with Gasteiger partial charge >= 0.3 is 0 Å². The fourth-order valence-corrected chi connectivity index (χ4v) is 2.26. The molecule has 1 aromatic heterocycles. The smallest absolute Gasteiger partial charge is 0.111 e. The Labute approximate surface area is 102 Å². The van der Waals surface area contributed by atoms with Gasteiger partial charge in [-0.25, -0.2) is 4.98 Å². The zero-order valence-corrected chi connectivity index (χ0v) is 10.5. The largest absolute Gasteiger partial charge is 0.390 e. The van der Waals surface area contributed by atoms with E-state index in [1.54, 1.807) is 6.20 Å². The molecule has 0 aliphatic carbocycles. The van der Waals surface area contributed by atoms with Gasteiger partial charge in [0.15, 0.2) is 0 Å². The highest BCUT2D eigenvalue weighted by Gasteiger charge is 2.28. The molecule has 1 aliphatic rings. The van der Waals surface area contributed by atoms with Crippen LogP contribution in [0.2, 0.25) is 0 Å². The van der Waals surface area contributed by atoms with Crippen molar-refractivity contribution in [1.82, 2.24) is 14.9 Å². The predicted octanol–water partition coefficient (Wildman–Crippen LogP) is 0.0921. The van der Waals surface area contributed by atoms with E-state index in [0.29, 0.717) is 19.4 Å². The molecule has 2 unspecified atom stereocenters. The number of imidazole rings is 1. The zero-order valence-electron chi connectivity index (χ0n) is 10.5. The lowest BCUT2D eigenvalue weighted by atomic mass is 9.93. The summed E-state index contributed by atoms with van der Waals surface area (Å²) in [6, 6.07) is 0.235. The molecule has 1 fully saturated rings. The molecule has 96 valence electrons. The van der Waals surface area contributed by atoms with Crippen molar-refractivity contribution in [1.29, 1.82) is 0 Å². The quantitative estimate of drug-likeness (QED) is 0.782. The predicted molar refractivity (Wildman–Crippen MR) is 64.8 cm³/mol. The molecule has 17 heavy (non-hydrogen) atoms. The lowest BCUT2D eigenvalue weighted by molar-refractivity contribution is 0.00503. The molecule has 0 bridgehead atoms. The molecule has 2 heterocycles. The van der Waals surface area contributed by atoms with Crippen LogP contribution in [-0.2, 0) is 18.2 Å².